The van der Waals surface area contributed by atoms with Gasteiger partial charge in [0.25, 0.3) is 0 Å². The van der Waals surface area contributed by atoms with Gasteiger partial charge in [-0.3, -0.25) is 0 Å². The summed E-state index contributed by atoms with van der Waals surface area (Å²) in [7, 11) is -5.22. The highest BCUT2D eigenvalue weighted by molar-refractivity contribution is 7.53. The Balaban J connectivity index is 0. The number of hydrogen-bond donors (Lipinski definition) is 8. The van der Waals surface area contributed by atoms with Crippen LogP contribution in [0, 0.1) is 0 Å². The van der Waals surface area contributed by atoms with Gasteiger partial charge in [0, 0.05) is 0 Å². The number of aliphatic hydroxyl groups excluding tert-OH is 4. The molecule has 8 N–H and O–H groups in total. The minimum Gasteiger partial charge on any atom is -0.394 e. The molecule has 0 aliphatic heterocycles. The van der Waals surface area contributed by atoms with Crippen molar-refractivity contribution in [2.75, 3.05) is 13.2 Å². The molecule has 2 atom stereocenters. The van der Waals surface area contributed by atoms with E-state index in [-0.39, 0.29) is 0 Å². The molecule has 0 bridgehead atoms. The standard InChI is InChI=1S/C4H10O4.H4O5P2/c5-1-3(7)4(8)2-6;1-6(2)5-7(3)4/h3-8H,1-2H2;1-4H/t3-,4+;. The van der Waals surface area contributed by atoms with Crippen LogP contribution in [0.4, 0.5) is 0 Å². The van der Waals surface area contributed by atoms with Crippen molar-refractivity contribution in [2.24, 2.45) is 0 Å². The van der Waals surface area contributed by atoms with E-state index >= 15 is 0 Å². The molecule has 0 spiro atoms. The Hall–Kier alpha value is 0.500. The van der Waals surface area contributed by atoms with Gasteiger partial charge >= 0.3 is 17.2 Å². The van der Waals surface area contributed by atoms with Crippen LogP contribution in [0.25, 0.3) is 0 Å². The van der Waals surface area contributed by atoms with Crippen LogP contribution in [-0.4, -0.2) is 65.4 Å². The molecule has 11 heteroatoms. The maximum Gasteiger partial charge on any atom is 0.334 e. The fourth-order valence-electron chi connectivity index (χ4n) is 0.309. The average Bonchev–Trinajstić information content (AvgIpc) is 2.14. The van der Waals surface area contributed by atoms with Gasteiger partial charge in [-0.25, -0.2) is 4.31 Å². The lowest BCUT2D eigenvalue weighted by molar-refractivity contribution is -0.0388. The largest absolute Gasteiger partial charge is 0.394 e. The first-order chi connectivity index (χ1) is 6.84. The maximum absolute atomic E-state index is 8.47. The Labute approximate surface area is 87.8 Å². The summed E-state index contributed by atoms with van der Waals surface area (Å²) in [6.45, 7) is -1.05. The maximum atomic E-state index is 8.47. The lowest BCUT2D eigenvalue weighted by Gasteiger charge is -2.10. The topological polar surface area (TPSA) is 171 Å². The Bertz CT molecular complexity index is 119. The molecule has 0 aliphatic carbocycles. The van der Waals surface area contributed by atoms with Crippen molar-refractivity contribution >= 4 is 17.2 Å². The second kappa shape index (κ2) is 11.0. The third kappa shape index (κ3) is 14.5. The van der Waals surface area contributed by atoms with E-state index in [2.05, 4.69) is 4.31 Å². The molecule has 0 rings (SSSR count). The monoisotopic (exact) mass is 268 g/mol. The first-order valence-electron chi connectivity index (χ1n) is 3.46. The first kappa shape index (κ1) is 17.9. The van der Waals surface area contributed by atoms with E-state index < -0.39 is 42.6 Å². The first-order valence-corrected chi connectivity index (χ1v) is 5.79. The molecule has 0 amide bonds. The van der Waals surface area contributed by atoms with Gasteiger partial charge in [0.1, 0.15) is 12.2 Å². The van der Waals surface area contributed by atoms with Crippen LogP contribution in [0.5, 0.6) is 0 Å². The van der Waals surface area contributed by atoms with Crippen LogP contribution in [0.15, 0.2) is 0 Å². The fraction of sp³-hybridized carbons (Fsp3) is 1.00. The quantitative estimate of drug-likeness (QED) is 0.244. The van der Waals surface area contributed by atoms with Gasteiger partial charge in [0.05, 0.1) is 13.2 Å². The number of aliphatic hydroxyl groups is 4. The molecule has 0 aromatic carbocycles. The predicted octanol–water partition coefficient (Wildman–Crippen LogP) is -2.88. The molecule has 0 heterocycles. The van der Waals surface area contributed by atoms with Gasteiger partial charge in [0.15, 0.2) is 0 Å². The minimum absolute atomic E-state index is 0.526. The average molecular weight is 268 g/mol. The third-order valence-corrected chi connectivity index (χ3v) is 2.13. The molecule has 0 aromatic rings. The summed E-state index contributed by atoms with van der Waals surface area (Å²) < 4.78 is 3.60. The Morgan fingerprint density at radius 1 is 0.800 bits per heavy atom. The summed E-state index contributed by atoms with van der Waals surface area (Å²) in [5.74, 6) is 0. The molecule has 0 unspecified atom stereocenters. The van der Waals surface area contributed by atoms with Crippen LogP contribution in [-0.2, 0) is 4.31 Å². The van der Waals surface area contributed by atoms with Crippen LogP contribution in [0.2, 0.25) is 0 Å². The van der Waals surface area contributed by atoms with Gasteiger partial charge in [-0.2, -0.15) is 0 Å². The van der Waals surface area contributed by atoms with Gasteiger partial charge in [-0.15, -0.1) is 0 Å². The summed E-state index contributed by atoms with van der Waals surface area (Å²) in [5.41, 5.74) is 0. The van der Waals surface area contributed by atoms with Gasteiger partial charge in [-0.05, 0) is 0 Å². The second-order valence-corrected chi connectivity index (χ2v) is 3.75. The van der Waals surface area contributed by atoms with Crippen LogP contribution >= 0.6 is 17.2 Å². The SMILES string of the molecule is OC[C@@H](O)[C@@H](O)CO.OP(O)OP(O)O. The van der Waals surface area contributed by atoms with Crippen molar-refractivity contribution < 1.29 is 44.3 Å². The zero-order valence-corrected chi connectivity index (χ0v) is 9.24. The van der Waals surface area contributed by atoms with Gasteiger partial charge in [-0.1, -0.05) is 0 Å². The predicted molar refractivity (Wildman–Crippen MR) is 50.0 cm³/mol. The van der Waals surface area contributed by atoms with Gasteiger partial charge in [0.2, 0.25) is 0 Å². The Morgan fingerprint density at radius 3 is 1.13 bits per heavy atom. The van der Waals surface area contributed by atoms with Crippen molar-refractivity contribution in [3.05, 3.63) is 0 Å². The summed E-state index contributed by atoms with van der Waals surface area (Å²) >= 11 is 0. The molecule has 94 valence electrons. The van der Waals surface area contributed by atoms with E-state index in [4.69, 9.17) is 40.0 Å². The van der Waals surface area contributed by atoms with Crippen molar-refractivity contribution in [1.29, 1.82) is 0 Å². The molecule has 9 nitrogen and oxygen atoms in total. The zero-order valence-electron chi connectivity index (χ0n) is 7.45. The molecule has 0 saturated heterocycles. The van der Waals surface area contributed by atoms with Crippen molar-refractivity contribution in [2.45, 2.75) is 12.2 Å². The highest BCUT2D eigenvalue weighted by Gasteiger charge is 2.12. The molecule has 0 saturated carbocycles. The molecule has 0 aliphatic rings. The van der Waals surface area contributed by atoms with E-state index in [1.165, 1.54) is 0 Å². The van der Waals surface area contributed by atoms with Gasteiger partial charge < -0.3 is 40.0 Å². The Kier molecular flexibility index (Phi) is 13.1. The molecule has 0 aromatic heterocycles. The Morgan fingerprint density at radius 2 is 1.07 bits per heavy atom. The van der Waals surface area contributed by atoms with E-state index in [1.807, 2.05) is 0 Å². The van der Waals surface area contributed by atoms with E-state index in [1.54, 1.807) is 0 Å². The lowest BCUT2D eigenvalue weighted by atomic mass is 10.2. The molecule has 0 fully saturated rings. The molecular formula is C4H14O9P2. The lowest BCUT2D eigenvalue weighted by Crippen LogP contribution is -2.31. The summed E-state index contributed by atoms with van der Waals surface area (Å²) in [6, 6.07) is 0. The van der Waals surface area contributed by atoms with E-state index in [0.29, 0.717) is 0 Å². The highest BCUT2D eigenvalue weighted by atomic mass is 31.2. The minimum atomic E-state index is -2.61. The molecule has 15 heavy (non-hydrogen) atoms. The number of rotatable bonds is 5. The summed E-state index contributed by atoms with van der Waals surface area (Å²) in [4.78, 5) is 31.3. The summed E-state index contributed by atoms with van der Waals surface area (Å²) in [5, 5.41) is 33.2. The van der Waals surface area contributed by atoms with Crippen molar-refractivity contribution in [3.8, 4) is 0 Å². The fourth-order valence-corrected chi connectivity index (χ4v) is 0.831. The van der Waals surface area contributed by atoms with E-state index in [0.717, 1.165) is 0 Å². The highest BCUT2D eigenvalue weighted by Crippen LogP contribution is 2.41. The molecule has 0 radical (unpaired) electrons. The summed E-state index contributed by atoms with van der Waals surface area (Å²) in [6.07, 6.45) is -2.44. The van der Waals surface area contributed by atoms with Crippen molar-refractivity contribution in [1.82, 2.24) is 0 Å². The van der Waals surface area contributed by atoms with E-state index in [9.17, 15) is 0 Å². The second-order valence-electron chi connectivity index (χ2n) is 2.09. The van der Waals surface area contributed by atoms with Crippen molar-refractivity contribution in [3.63, 3.8) is 0 Å². The number of hydrogen-bond acceptors (Lipinski definition) is 9. The normalized spacial score (nSPS) is 14.8. The van der Waals surface area contributed by atoms with Crippen LogP contribution < -0.4 is 0 Å². The van der Waals surface area contributed by atoms with Crippen LogP contribution in [0.3, 0.4) is 0 Å². The third-order valence-electron chi connectivity index (χ3n) is 0.964. The van der Waals surface area contributed by atoms with Crippen LogP contribution in [0.1, 0.15) is 0 Å². The molecular weight excluding hydrogens is 254 g/mol. The zero-order chi connectivity index (χ0) is 12.4. The smallest absolute Gasteiger partial charge is 0.334 e.